The highest BCUT2D eigenvalue weighted by Crippen LogP contribution is 2.31. The molecule has 1 aromatic carbocycles. The SMILES string of the molecule is O=c1[nH]nc(-c2ccc([N+](=O)[O-])o2)n1-c1cccc(C(F)(F)F)c1. The number of nitro groups is 1. The van der Waals surface area contributed by atoms with E-state index in [9.17, 15) is 28.1 Å². The summed E-state index contributed by atoms with van der Waals surface area (Å²) in [6.07, 6.45) is -4.59. The van der Waals surface area contributed by atoms with Crippen LogP contribution >= 0.6 is 0 Å². The molecular formula is C13H7F3N4O4. The second-order valence-corrected chi connectivity index (χ2v) is 4.63. The number of nitrogens with zero attached hydrogens (tertiary/aromatic N) is 3. The molecule has 0 saturated heterocycles. The summed E-state index contributed by atoms with van der Waals surface area (Å²) in [5.41, 5.74) is -1.88. The number of H-pyrrole nitrogens is 1. The van der Waals surface area contributed by atoms with Crippen LogP contribution in [-0.4, -0.2) is 19.7 Å². The standard InChI is InChI=1S/C13H7F3N4O4/c14-13(15,16)7-2-1-3-8(6-7)19-11(17-18-12(19)21)9-4-5-10(24-9)20(22)23/h1-6H,(H,18,21). The van der Waals surface area contributed by atoms with Crippen LogP contribution in [0.5, 0.6) is 0 Å². The fourth-order valence-electron chi connectivity index (χ4n) is 2.07. The van der Waals surface area contributed by atoms with Gasteiger partial charge in [-0.3, -0.25) is 10.1 Å². The van der Waals surface area contributed by atoms with Gasteiger partial charge in [0.25, 0.3) is 0 Å². The lowest BCUT2D eigenvalue weighted by Gasteiger charge is -2.09. The first kappa shape index (κ1) is 15.5. The minimum atomic E-state index is -4.59. The van der Waals surface area contributed by atoms with Gasteiger partial charge in [-0.15, -0.1) is 5.10 Å². The Bertz CT molecular complexity index is 970. The maximum Gasteiger partial charge on any atom is 0.433 e. The summed E-state index contributed by atoms with van der Waals surface area (Å²) >= 11 is 0. The van der Waals surface area contributed by atoms with Crippen LogP contribution in [0.15, 0.2) is 45.6 Å². The zero-order chi connectivity index (χ0) is 17.5. The first-order valence-corrected chi connectivity index (χ1v) is 6.37. The molecule has 0 radical (unpaired) electrons. The van der Waals surface area contributed by atoms with Crippen LogP contribution in [0, 0.1) is 10.1 Å². The molecule has 8 nitrogen and oxygen atoms in total. The van der Waals surface area contributed by atoms with E-state index in [1.807, 2.05) is 0 Å². The van der Waals surface area contributed by atoms with E-state index >= 15 is 0 Å². The summed E-state index contributed by atoms with van der Waals surface area (Å²) in [5, 5.41) is 16.4. The topological polar surface area (TPSA) is 107 Å². The number of hydrogen-bond acceptors (Lipinski definition) is 5. The lowest BCUT2D eigenvalue weighted by atomic mass is 10.2. The largest absolute Gasteiger partial charge is 0.433 e. The van der Waals surface area contributed by atoms with Gasteiger partial charge in [-0.05, 0) is 24.3 Å². The van der Waals surface area contributed by atoms with E-state index in [2.05, 4.69) is 10.2 Å². The van der Waals surface area contributed by atoms with Crippen molar-refractivity contribution in [2.75, 3.05) is 0 Å². The molecule has 3 rings (SSSR count). The molecule has 24 heavy (non-hydrogen) atoms. The van der Waals surface area contributed by atoms with E-state index in [0.717, 1.165) is 28.8 Å². The first-order valence-electron chi connectivity index (χ1n) is 6.37. The van der Waals surface area contributed by atoms with Crippen molar-refractivity contribution in [1.82, 2.24) is 14.8 Å². The van der Waals surface area contributed by atoms with E-state index in [1.165, 1.54) is 12.1 Å². The minimum Gasteiger partial charge on any atom is -0.397 e. The highest BCUT2D eigenvalue weighted by molar-refractivity contribution is 5.53. The van der Waals surface area contributed by atoms with Gasteiger partial charge in [0.05, 0.1) is 17.3 Å². The van der Waals surface area contributed by atoms with Crippen molar-refractivity contribution in [1.29, 1.82) is 0 Å². The summed E-state index contributed by atoms with van der Waals surface area (Å²) in [5.74, 6) is -0.916. The maximum atomic E-state index is 12.8. The third-order valence-electron chi connectivity index (χ3n) is 3.10. The van der Waals surface area contributed by atoms with Gasteiger partial charge in [0.2, 0.25) is 5.82 Å². The molecule has 0 fully saturated rings. The summed E-state index contributed by atoms with van der Waals surface area (Å²) in [7, 11) is 0. The summed E-state index contributed by atoms with van der Waals surface area (Å²) in [4.78, 5) is 21.8. The van der Waals surface area contributed by atoms with Crippen LogP contribution < -0.4 is 5.69 Å². The number of benzene rings is 1. The number of alkyl halides is 3. The summed E-state index contributed by atoms with van der Waals surface area (Å²) in [6.45, 7) is 0. The monoisotopic (exact) mass is 340 g/mol. The van der Waals surface area contributed by atoms with Crippen molar-refractivity contribution >= 4 is 5.88 Å². The Balaban J connectivity index is 2.14. The van der Waals surface area contributed by atoms with Crippen molar-refractivity contribution in [3.8, 4) is 17.3 Å². The molecule has 0 amide bonds. The Kier molecular flexibility index (Phi) is 3.47. The van der Waals surface area contributed by atoms with Gasteiger partial charge in [0.1, 0.15) is 4.92 Å². The van der Waals surface area contributed by atoms with E-state index in [4.69, 9.17) is 4.42 Å². The molecule has 3 aromatic rings. The summed E-state index contributed by atoms with van der Waals surface area (Å²) in [6, 6.07) is 6.26. The molecule has 11 heteroatoms. The highest BCUT2D eigenvalue weighted by Gasteiger charge is 2.31. The zero-order valence-electron chi connectivity index (χ0n) is 11.6. The van der Waals surface area contributed by atoms with Gasteiger partial charge < -0.3 is 4.42 Å². The van der Waals surface area contributed by atoms with Crippen LogP contribution in [0.2, 0.25) is 0 Å². The Morgan fingerprint density at radius 2 is 2.00 bits per heavy atom. The third-order valence-corrected chi connectivity index (χ3v) is 3.10. The highest BCUT2D eigenvalue weighted by atomic mass is 19.4. The Hall–Kier alpha value is -3.37. The molecule has 0 atom stereocenters. The van der Waals surface area contributed by atoms with E-state index in [1.54, 1.807) is 0 Å². The molecule has 0 unspecified atom stereocenters. The van der Waals surface area contributed by atoms with Crippen molar-refractivity contribution < 1.29 is 22.5 Å². The lowest BCUT2D eigenvalue weighted by molar-refractivity contribution is -0.401. The minimum absolute atomic E-state index is 0.113. The van der Waals surface area contributed by atoms with Gasteiger partial charge in [-0.2, -0.15) is 13.2 Å². The van der Waals surface area contributed by atoms with Crippen LogP contribution in [-0.2, 0) is 6.18 Å². The molecule has 0 aliphatic heterocycles. The Morgan fingerprint density at radius 1 is 1.25 bits per heavy atom. The number of aromatic amines is 1. The molecule has 0 spiro atoms. The van der Waals surface area contributed by atoms with Crippen molar-refractivity contribution in [3.63, 3.8) is 0 Å². The van der Waals surface area contributed by atoms with E-state index < -0.39 is 28.2 Å². The Morgan fingerprint density at radius 3 is 2.62 bits per heavy atom. The average Bonchev–Trinajstić information content (AvgIpc) is 3.13. The van der Waals surface area contributed by atoms with Crippen molar-refractivity contribution in [2.45, 2.75) is 6.18 Å². The predicted molar refractivity (Wildman–Crippen MR) is 73.5 cm³/mol. The molecule has 2 heterocycles. The fourth-order valence-corrected chi connectivity index (χ4v) is 2.07. The average molecular weight is 340 g/mol. The van der Waals surface area contributed by atoms with Gasteiger partial charge in [0.15, 0.2) is 5.76 Å². The normalized spacial score (nSPS) is 11.6. The molecule has 0 aliphatic carbocycles. The second kappa shape index (κ2) is 5.37. The molecule has 0 aliphatic rings. The number of rotatable bonds is 3. The van der Waals surface area contributed by atoms with Crippen LogP contribution in [0.3, 0.4) is 0 Å². The second-order valence-electron chi connectivity index (χ2n) is 4.63. The van der Waals surface area contributed by atoms with Gasteiger partial charge in [-0.25, -0.2) is 14.5 Å². The van der Waals surface area contributed by atoms with Gasteiger partial charge >= 0.3 is 17.8 Å². The van der Waals surface area contributed by atoms with Crippen molar-refractivity contribution in [3.05, 3.63) is 62.6 Å². The Labute approximate surface area is 130 Å². The molecule has 1 N–H and O–H groups in total. The molecule has 0 saturated carbocycles. The number of hydrogen-bond donors (Lipinski definition) is 1. The third kappa shape index (κ3) is 2.66. The van der Waals surface area contributed by atoms with Gasteiger partial charge in [0, 0.05) is 0 Å². The van der Waals surface area contributed by atoms with Crippen molar-refractivity contribution in [2.24, 2.45) is 0 Å². The summed E-state index contributed by atoms with van der Waals surface area (Å²) < 4.78 is 44.2. The first-order chi connectivity index (χ1) is 11.3. The number of aromatic nitrogens is 3. The molecule has 0 bridgehead atoms. The van der Waals surface area contributed by atoms with Crippen LogP contribution in [0.1, 0.15) is 5.56 Å². The predicted octanol–water partition coefficient (Wildman–Crippen LogP) is 2.75. The van der Waals surface area contributed by atoms with Crippen LogP contribution in [0.25, 0.3) is 17.3 Å². The van der Waals surface area contributed by atoms with E-state index in [0.29, 0.717) is 0 Å². The molecule has 2 aromatic heterocycles. The fraction of sp³-hybridized carbons (Fsp3) is 0.0769. The number of furan rings is 1. The number of halogens is 3. The quantitative estimate of drug-likeness (QED) is 0.583. The smallest absolute Gasteiger partial charge is 0.397 e. The van der Waals surface area contributed by atoms with Gasteiger partial charge in [-0.1, -0.05) is 6.07 Å². The van der Waals surface area contributed by atoms with Crippen LogP contribution in [0.4, 0.5) is 19.1 Å². The maximum absolute atomic E-state index is 12.8. The number of nitrogens with one attached hydrogen (secondary N) is 1. The zero-order valence-corrected chi connectivity index (χ0v) is 11.6. The molecular weight excluding hydrogens is 333 g/mol. The molecule has 124 valence electrons. The van der Waals surface area contributed by atoms with E-state index in [-0.39, 0.29) is 17.3 Å². The lowest BCUT2D eigenvalue weighted by Crippen LogP contribution is -2.16.